The van der Waals surface area contributed by atoms with E-state index in [1.165, 1.54) is 6.07 Å². The van der Waals surface area contributed by atoms with E-state index in [2.05, 4.69) is 0 Å². The van der Waals surface area contributed by atoms with E-state index in [9.17, 15) is 9.18 Å². The minimum atomic E-state index is -0.310. The zero-order valence-electron chi connectivity index (χ0n) is 9.00. The van der Waals surface area contributed by atoms with Crippen LogP contribution >= 0.6 is 0 Å². The first kappa shape index (κ1) is 11.7. The molecule has 0 aliphatic carbocycles. The van der Waals surface area contributed by atoms with E-state index in [4.69, 9.17) is 4.74 Å². The van der Waals surface area contributed by atoms with E-state index in [0.717, 1.165) is 6.29 Å². The van der Waals surface area contributed by atoms with Gasteiger partial charge in [-0.2, -0.15) is 0 Å². The van der Waals surface area contributed by atoms with Gasteiger partial charge in [0.05, 0.1) is 6.61 Å². The molecular weight excluding hydrogens is 195 g/mol. The number of aldehydes is 1. The third-order valence-corrected chi connectivity index (χ3v) is 2.26. The highest BCUT2D eigenvalue weighted by atomic mass is 19.1. The summed E-state index contributed by atoms with van der Waals surface area (Å²) in [5.41, 5.74) is 0.561. The number of carbonyl (C=O) groups is 1. The van der Waals surface area contributed by atoms with Gasteiger partial charge in [-0.25, -0.2) is 4.39 Å². The predicted molar refractivity (Wildman–Crippen MR) is 56.7 cm³/mol. The third-order valence-electron chi connectivity index (χ3n) is 2.26. The second-order valence-electron chi connectivity index (χ2n) is 3.42. The molecule has 15 heavy (non-hydrogen) atoms. The number of hydrogen-bond donors (Lipinski definition) is 0. The summed E-state index contributed by atoms with van der Waals surface area (Å²) < 4.78 is 18.7. The lowest BCUT2D eigenvalue weighted by molar-refractivity contribution is -0.108. The largest absolute Gasteiger partial charge is 0.494 e. The van der Waals surface area contributed by atoms with E-state index in [-0.39, 0.29) is 11.7 Å². The fourth-order valence-electron chi connectivity index (χ4n) is 1.44. The highest BCUT2D eigenvalue weighted by Gasteiger charge is 2.11. The van der Waals surface area contributed by atoms with Crippen LogP contribution < -0.4 is 4.74 Å². The smallest absolute Gasteiger partial charge is 0.130 e. The quantitative estimate of drug-likeness (QED) is 0.698. The van der Waals surface area contributed by atoms with Crippen LogP contribution in [0.5, 0.6) is 5.75 Å². The van der Waals surface area contributed by atoms with Crippen LogP contribution in [0.15, 0.2) is 18.2 Å². The van der Waals surface area contributed by atoms with Crippen LogP contribution in [0.3, 0.4) is 0 Å². The second-order valence-corrected chi connectivity index (χ2v) is 3.42. The zero-order chi connectivity index (χ0) is 11.3. The van der Waals surface area contributed by atoms with Crippen LogP contribution in [0, 0.1) is 5.82 Å². The molecule has 1 rings (SSSR count). The first-order chi connectivity index (χ1) is 7.19. The van der Waals surface area contributed by atoms with Crippen molar-refractivity contribution in [3.63, 3.8) is 0 Å². The zero-order valence-corrected chi connectivity index (χ0v) is 9.00. The molecule has 1 aromatic carbocycles. The van der Waals surface area contributed by atoms with Gasteiger partial charge in [0.1, 0.15) is 17.9 Å². The van der Waals surface area contributed by atoms with Gasteiger partial charge in [0.2, 0.25) is 0 Å². The molecule has 3 heteroatoms. The van der Waals surface area contributed by atoms with Crippen molar-refractivity contribution in [3.8, 4) is 5.75 Å². The first-order valence-corrected chi connectivity index (χ1v) is 5.05. The Hall–Kier alpha value is -1.38. The lowest BCUT2D eigenvalue weighted by Crippen LogP contribution is -1.99. The lowest BCUT2D eigenvalue weighted by atomic mass is 9.98. The van der Waals surface area contributed by atoms with Gasteiger partial charge in [-0.3, -0.25) is 0 Å². The van der Waals surface area contributed by atoms with Gasteiger partial charge in [0.25, 0.3) is 0 Å². The minimum absolute atomic E-state index is 0.0850. The Balaban J connectivity index is 2.86. The maximum Gasteiger partial charge on any atom is 0.130 e. The fourth-order valence-corrected chi connectivity index (χ4v) is 1.44. The highest BCUT2D eigenvalue weighted by Crippen LogP contribution is 2.24. The summed E-state index contributed by atoms with van der Waals surface area (Å²) in [4.78, 5) is 10.3. The Morgan fingerprint density at radius 1 is 1.53 bits per heavy atom. The Morgan fingerprint density at radius 2 is 2.27 bits per heavy atom. The standard InChI is InChI=1S/C12H15FO2/c1-3-15-10-4-5-11(12(13)8-10)9(2)6-7-14/h4-5,7-9H,3,6H2,1-2H3. The molecule has 1 atom stereocenters. The molecule has 0 saturated carbocycles. The van der Waals surface area contributed by atoms with Crippen molar-refractivity contribution in [2.24, 2.45) is 0 Å². The number of ether oxygens (including phenoxy) is 1. The molecule has 82 valence electrons. The molecule has 0 radical (unpaired) electrons. The number of hydrogen-bond acceptors (Lipinski definition) is 2. The molecule has 0 heterocycles. The molecule has 0 aromatic heterocycles. The summed E-state index contributed by atoms with van der Waals surface area (Å²) in [7, 11) is 0. The van der Waals surface area contributed by atoms with Gasteiger partial charge < -0.3 is 9.53 Å². The molecule has 2 nitrogen and oxygen atoms in total. The van der Waals surface area contributed by atoms with Crippen LogP contribution in [-0.4, -0.2) is 12.9 Å². The van der Waals surface area contributed by atoms with E-state index >= 15 is 0 Å². The van der Waals surface area contributed by atoms with Crippen molar-refractivity contribution in [1.29, 1.82) is 0 Å². The molecule has 1 aromatic rings. The van der Waals surface area contributed by atoms with Gasteiger partial charge in [0.15, 0.2) is 0 Å². The van der Waals surface area contributed by atoms with E-state index in [1.54, 1.807) is 12.1 Å². The topological polar surface area (TPSA) is 26.3 Å². The summed E-state index contributed by atoms with van der Waals surface area (Å²) in [5, 5.41) is 0. The highest BCUT2D eigenvalue weighted by molar-refractivity contribution is 5.51. The normalized spacial score (nSPS) is 12.2. The molecule has 0 aliphatic rings. The molecular formula is C12H15FO2. The maximum atomic E-state index is 13.6. The van der Waals surface area contributed by atoms with Crippen LogP contribution in [0.2, 0.25) is 0 Å². The summed E-state index contributed by atoms with van der Waals surface area (Å²) >= 11 is 0. The third kappa shape index (κ3) is 3.05. The van der Waals surface area contributed by atoms with E-state index < -0.39 is 0 Å². The van der Waals surface area contributed by atoms with E-state index in [0.29, 0.717) is 24.3 Å². The number of carbonyl (C=O) groups excluding carboxylic acids is 1. The monoisotopic (exact) mass is 210 g/mol. The average molecular weight is 210 g/mol. The first-order valence-electron chi connectivity index (χ1n) is 5.05. The molecule has 0 fully saturated rings. The summed E-state index contributed by atoms with van der Waals surface area (Å²) in [5.74, 6) is 0.130. The molecule has 1 unspecified atom stereocenters. The Labute approximate surface area is 89.1 Å². The van der Waals surface area contributed by atoms with Crippen molar-refractivity contribution in [2.75, 3.05) is 6.61 Å². The number of halogens is 1. The number of benzene rings is 1. The second kappa shape index (κ2) is 5.49. The fraction of sp³-hybridized carbons (Fsp3) is 0.417. The van der Waals surface area contributed by atoms with Gasteiger partial charge in [-0.15, -0.1) is 0 Å². The molecule has 0 amide bonds. The van der Waals surface area contributed by atoms with E-state index in [1.807, 2.05) is 13.8 Å². The lowest BCUT2D eigenvalue weighted by Gasteiger charge is -2.11. The average Bonchev–Trinajstić information content (AvgIpc) is 2.18. The minimum Gasteiger partial charge on any atom is -0.494 e. The van der Waals surface area contributed by atoms with Gasteiger partial charge in [-0.1, -0.05) is 13.0 Å². The van der Waals surface area contributed by atoms with Crippen molar-refractivity contribution in [1.82, 2.24) is 0 Å². The molecule has 0 aliphatic heterocycles. The Kier molecular flexibility index (Phi) is 4.28. The van der Waals surface area contributed by atoms with Gasteiger partial charge in [0, 0.05) is 12.5 Å². The van der Waals surface area contributed by atoms with Crippen LogP contribution in [0.4, 0.5) is 4.39 Å². The summed E-state index contributed by atoms with van der Waals surface area (Å²) in [6, 6.07) is 4.76. The van der Waals surface area contributed by atoms with Crippen LogP contribution in [0.1, 0.15) is 31.7 Å². The summed E-state index contributed by atoms with van der Waals surface area (Å²) in [6.07, 6.45) is 1.14. The Morgan fingerprint density at radius 3 is 2.80 bits per heavy atom. The van der Waals surface area contributed by atoms with Crippen molar-refractivity contribution in [2.45, 2.75) is 26.2 Å². The molecule has 0 bridgehead atoms. The van der Waals surface area contributed by atoms with Crippen molar-refractivity contribution >= 4 is 6.29 Å². The molecule has 0 saturated heterocycles. The van der Waals surface area contributed by atoms with Crippen molar-refractivity contribution < 1.29 is 13.9 Å². The van der Waals surface area contributed by atoms with Gasteiger partial charge in [-0.05, 0) is 24.5 Å². The number of rotatable bonds is 5. The molecule has 0 N–H and O–H groups in total. The van der Waals surface area contributed by atoms with Crippen LogP contribution in [-0.2, 0) is 4.79 Å². The predicted octanol–water partition coefficient (Wildman–Crippen LogP) is 2.92. The van der Waals surface area contributed by atoms with Crippen LogP contribution in [0.25, 0.3) is 0 Å². The molecule has 0 spiro atoms. The summed E-state index contributed by atoms with van der Waals surface area (Å²) in [6.45, 7) is 4.19. The van der Waals surface area contributed by atoms with Crippen molar-refractivity contribution in [3.05, 3.63) is 29.6 Å². The SMILES string of the molecule is CCOc1ccc(C(C)CC=O)c(F)c1. The van der Waals surface area contributed by atoms with Gasteiger partial charge >= 0.3 is 0 Å². The Bertz CT molecular complexity index is 336. The maximum absolute atomic E-state index is 13.6.